The molecule has 1 aliphatic rings. The van der Waals surface area contributed by atoms with Gasteiger partial charge in [0.1, 0.15) is 17.7 Å². The number of nitrogens with zero attached hydrogens (tertiary/aromatic N) is 1. The number of anilines is 1. The first-order chi connectivity index (χ1) is 11.1. The van der Waals surface area contributed by atoms with Crippen molar-refractivity contribution in [3.05, 3.63) is 46.5 Å². The number of halogens is 2. The van der Waals surface area contributed by atoms with E-state index in [4.69, 9.17) is 4.74 Å². The second-order valence-electron chi connectivity index (χ2n) is 5.12. The fourth-order valence-electron chi connectivity index (χ4n) is 2.23. The second kappa shape index (κ2) is 7.12. The molecule has 1 fully saturated rings. The summed E-state index contributed by atoms with van der Waals surface area (Å²) in [6.07, 6.45) is 1.87. The van der Waals surface area contributed by atoms with Crippen LogP contribution in [0.15, 0.2) is 24.4 Å². The molecule has 3 rings (SSSR count). The van der Waals surface area contributed by atoms with Crippen LogP contribution in [0.2, 0.25) is 0 Å². The molecule has 8 heteroatoms. The zero-order chi connectivity index (χ0) is 16.2. The van der Waals surface area contributed by atoms with Crippen molar-refractivity contribution in [2.24, 2.45) is 0 Å². The van der Waals surface area contributed by atoms with Crippen molar-refractivity contribution in [3.8, 4) is 0 Å². The minimum Gasteiger partial charge on any atom is -0.378 e. The third kappa shape index (κ3) is 4.10. The van der Waals surface area contributed by atoms with Crippen LogP contribution in [-0.2, 0) is 16.0 Å². The summed E-state index contributed by atoms with van der Waals surface area (Å²) in [4.78, 5) is 16.9. The number of ether oxygens (including phenoxy) is 1. The van der Waals surface area contributed by atoms with Gasteiger partial charge in [-0.05, 0) is 11.6 Å². The van der Waals surface area contributed by atoms with Crippen molar-refractivity contribution in [3.63, 3.8) is 0 Å². The average Bonchev–Trinajstić information content (AvgIpc) is 2.98. The number of rotatable bonds is 4. The Morgan fingerprint density at radius 3 is 3.09 bits per heavy atom. The van der Waals surface area contributed by atoms with E-state index in [0.29, 0.717) is 36.9 Å². The molecule has 0 aliphatic carbocycles. The molecule has 1 saturated heterocycles. The third-order valence-electron chi connectivity index (χ3n) is 3.40. The highest BCUT2D eigenvalue weighted by molar-refractivity contribution is 7.15. The molecule has 2 aromatic rings. The Bertz CT molecular complexity index is 702. The van der Waals surface area contributed by atoms with Crippen molar-refractivity contribution in [2.75, 3.05) is 25.1 Å². The van der Waals surface area contributed by atoms with Gasteiger partial charge in [0.05, 0.1) is 13.2 Å². The molecule has 122 valence electrons. The lowest BCUT2D eigenvalue weighted by molar-refractivity contribution is -0.120. The predicted molar refractivity (Wildman–Crippen MR) is 82.5 cm³/mol. The maximum Gasteiger partial charge on any atom is 0.245 e. The van der Waals surface area contributed by atoms with Crippen molar-refractivity contribution < 1.29 is 18.3 Å². The summed E-state index contributed by atoms with van der Waals surface area (Å²) in [5.41, 5.74) is 0.385. The van der Waals surface area contributed by atoms with Gasteiger partial charge in [0, 0.05) is 30.1 Å². The van der Waals surface area contributed by atoms with Gasteiger partial charge in [-0.1, -0.05) is 6.07 Å². The van der Waals surface area contributed by atoms with Gasteiger partial charge in [-0.15, -0.1) is 11.3 Å². The fourth-order valence-corrected chi connectivity index (χ4v) is 3.06. The molecule has 1 atom stereocenters. The molecule has 1 aromatic heterocycles. The minimum absolute atomic E-state index is 0.210. The van der Waals surface area contributed by atoms with Crippen LogP contribution >= 0.6 is 11.3 Å². The van der Waals surface area contributed by atoms with E-state index in [9.17, 15) is 13.6 Å². The SMILES string of the molecule is O=C(Nc1ncc(Cc2ccc(F)cc2F)s1)C1COCCN1. The third-order valence-corrected chi connectivity index (χ3v) is 4.31. The summed E-state index contributed by atoms with van der Waals surface area (Å²) in [6.45, 7) is 1.55. The monoisotopic (exact) mass is 339 g/mol. The second-order valence-corrected chi connectivity index (χ2v) is 6.23. The van der Waals surface area contributed by atoms with Crippen LogP contribution in [0.3, 0.4) is 0 Å². The van der Waals surface area contributed by atoms with Crippen LogP contribution in [-0.4, -0.2) is 36.7 Å². The van der Waals surface area contributed by atoms with Gasteiger partial charge in [-0.25, -0.2) is 13.8 Å². The van der Waals surface area contributed by atoms with Crippen molar-refractivity contribution in [1.82, 2.24) is 10.3 Å². The van der Waals surface area contributed by atoms with Crippen LogP contribution in [0.5, 0.6) is 0 Å². The van der Waals surface area contributed by atoms with Crippen LogP contribution in [0.1, 0.15) is 10.4 Å². The Labute approximate surface area is 135 Å². The van der Waals surface area contributed by atoms with E-state index in [1.54, 1.807) is 6.20 Å². The Morgan fingerprint density at radius 1 is 1.48 bits per heavy atom. The van der Waals surface area contributed by atoms with E-state index in [1.165, 1.54) is 23.5 Å². The molecule has 5 nitrogen and oxygen atoms in total. The lowest BCUT2D eigenvalue weighted by atomic mass is 10.1. The highest BCUT2D eigenvalue weighted by Gasteiger charge is 2.22. The first kappa shape index (κ1) is 16.0. The molecule has 23 heavy (non-hydrogen) atoms. The Kier molecular flexibility index (Phi) is 4.94. The first-order valence-electron chi connectivity index (χ1n) is 7.12. The molecular weight excluding hydrogens is 324 g/mol. The highest BCUT2D eigenvalue weighted by Crippen LogP contribution is 2.23. The number of amides is 1. The van der Waals surface area contributed by atoms with Crippen LogP contribution in [0, 0.1) is 11.6 Å². The van der Waals surface area contributed by atoms with E-state index < -0.39 is 17.7 Å². The topological polar surface area (TPSA) is 63.2 Å². The number of aromatic nitrogens is 1. The van der Waals surface area contributed by atoms with E-state index in [0.717, 1.165) is 10.9 Å². The van der Waals surface area contributed by atoms with Gasteiger partial charge in [0.25, 0.3) is 0 Å². The lowest BCUT2D eigenvalue weighted by Crippen LogP contribution is -2.48. The van der Waals surface area contributed by atoms with Crippen molar-refractivity contribution >= 4 is 22.4 Å². The Balaban J connectivity index is 1.62. The number of nitrogens with one attached hydrogen (secondary N) is 2. The van der Waals surface area contributed by atoms with Gasteiger partial charge in [-0.2, -0.15) is 0 Å². The normalized spacial score (nSPS) is 17.9. The van der Waals surface area contributed by atoms with Crippen LogP contribution in [0.25, 0.3) is 0 Å². The molecule has 0 radical (unpaired) electrons. The number of morpholine rings is 1. The number of carbonyl (C=O) groups is 1. The van der Waals surface area contributed by atoms with Gasteiger partial charge < -0.3 is 15.4 Å². The Hall–Kier alpha value is -1.90. The zero-order valence-electron chi connectivity index (χ0n) is 12.1. The predicted octanol–water partition coefficient (Wildman–Crippen LogP) is 1.94. The maximum atomic E-state index is 13.6. The molecule has 1 unspecified atom stereocenters. The smallest absolute Gasteiger partial charge is 0.245 e. The van der Waals surface area contributed by atoms with Gasteiger partial charge in [-0.3, -0.25) is 4.79 Å². The summed E-state index contributed by atoms with van der Waals surface area (Å²) in [7, 11) is 0. The quantitative estimate of drug-likeness (QED) is 0.894. The van der Waals surface area contributed by atoms with Gasteiger partial charge in [0.2, 0.25) is 5.91 Å². The molecule has 2 N–H and O–H groups in total. The largest absolute Gasteiger partial charge is 0.378 e. The zero-order valence-corrected chi connectivity index (χ0v) is 13.0. The average molecular weight is 339 g/mol. The van der Waals surface area contributed by atoms with E-state index in [-0.39, 0.29) is 5.91 Å². The summed E-state index contributed by atoms with van der Waals surface area (Å²) < 4.78 is 31.8. The van der Waals surface area contributed by atoms with Gasteiger partial charge >= 0.3 is 0 Å². The van der Waals surface area contributed by atoms with Crippen molar-refractivity contribution in [2.45, 2.75) is 12.5 Å². The van der Waals surface area contributed by atoms with Gasteiger partial charge in [0.15, 0.2) is 5.13 Å². The molecule has 2 heterocycles. The Morgan fingerprint density at radius 2 is 2.35 bits per heavy atom. The van der Waals surface area contributed by atoms with Crippen LogP contribution < -0.4 is 10.6 Å². The number of thiazole rings is 1. The molecular formula is C15H15F2N3O2S. The first-order valence-corrected chi connectivity index (χ1v) is 7.94. The van der Waals surface area contributed by atoms with E-state index >= 15 is 0 Å². The molecule has 1 amide bonds. The number of benzene rings is 1. The lowest BCUT2D eigenvalue weighted by Gasteiger charge is -2.22. The van der Waals surface area contributed by atoms with E-state index in [2.05, 4.69) is 15.6 Å². The molecule has 0 spiro atoms. The minimum atomic E-state index is -0.606. The fraction of sp³-hybridized carbons (Fsp3) is 0.333. The molecule has 1 aliphatic heterocycles. The summed E-state index contributed by atoms with van der Waals surface area (Å²) in [5.74, 6) is -1.41. The number of hydrogen-bond donors (Lipinski definition) is 2. The van der Waals surface area contributed by atoms with E-state index in [1.807, 2.05) is 0 Å². The maximum absolute atomic E-state index is 13.6. The van der Waals surface area contributed by atoms with Crippen LogP contribution in [0.4, 0.5) is 13.9 Å². The standard InChI is InChI=1S/C15H15F2N3O2S/c16-10-2-1-9(12(17)6-10)5-11-7-19-15(23-11)20-14(21)13-8-22-4-3-18-13/h1-2,6-7,13,18H,3-5,8H2,(H,19,20,21). The highest BCUT2D eigenvalue weighted by atomic mass is 32.1. The summed E-state index contributed by atoms with van der Waals surface area (Å²) in [5, 5.41) is 6.21. The number of hydrogen-bond acceptors (Lipinski definition) is 5. The molecule has 0 saturated carbocycles. The number of carbonyl (C=O) groups excluding carboxylic acids is 1. The molecule has 1 aromatic carbocycles. The summed E-state index contributed by atoms with van der Waals surface area (Å²) >= 11 is 1.26. The van der Waals surface area contributed by atoms with Crippen molar-refractivity contribution in [1.29, 1.82) is 0 Å². The summed E-state index contributed by atoms with van der Waals surface area (Å²) in [6, 6.07) is 3.09. The molecule has 0 bridgehead atoms.